The molecule has 0 rings (SSSR count). The normalized spacial score (nSPS) is 13.1. The fraction of sp³-hybridized carbons (Fsp3) is 0.604. The van der Waals surface area contributed by atoms with Crippen molar-refractivity contribution < 1.29 is 28.6 Å². The van der Waals surface area contributed by atoms with E-state index in [-0.39, 0.29) is 31.1 Å². The minimum absolute atomic E-state index is 0.107. The van der Waals surface area contributed by atoms with Gasteiger partial charge in [0.25, 0.3) is 0 Å². The van der Waals surface area contributed by atoms with Crippen molar-refractivity contribution in [2.24, 2.45) is 0 Å². The Morgan fingerprint density at radius 1 is 0.356 bits per heavy atom. The molecule has 0 aromatic rings. The van der Waals surface area contributed by atoms with Crippen molar-refractivity contribution in [2.45, 2.75) is 194 Å². The van der Waals surface area contributed by atoms with E-state index < -0.39 is 6.10 Å². The maximum absolute atomic E-state index is 12.8. The zero-order valence-corrected chi connectivity index (χ0v) is 37.7. The third kappa shape index (κ3) is 45.0. The maximum atomic E-state index is 12.8. The number of esters is 3. The first-order valence-electron chi connectivity index (χ1n) is 23.5. The zero-order valence-electron chi connectivity index (χ0n) is 37.7. The van der Waals surface area contributed by atoms with Gasteiger partial charge >= 0.3 is 17.9 Å². The maximum Gasteiger partial charge on any atom is 0.306 e. The lowest BCUT2D eigenvalue weighted by Crippen LogP contribution is -2.30. The van der Waals surface area contributed by atoms with E-state index in [1.807, 2.05) is 24.3 Å². The van der Waals surface area contributed by atoms with Crippen molar-refractivity contribution in [3.05, 3.63) is 109 Å². The molecule has 0 saturated carbocycles. The fourth-order valence-electron chi connectivity index (χ4n) is 5.90. The van der Waals surface area contributed by atoms with Crippen molar-refractivity contribution in [1.29, 1.82) is 0 Å². The van der Waals surface area contributed by atoms with Crippen LogP contribution in [0.25, 0.3) is 0 Å². The Balaban J connectivity index is 4.50. The quantitative estimate of drug-likeness (QED) is 0.0265. The summed E-state index contributed by atoms with van der Waals surface area (Å²) in [6, 6.07) is 0. The first-order chi connectivity index (χ1) is 29.0. The van der Waals surface area contributed by atoms with Crippen LogP contribution in [0.5, 0.6) is 0 Å². The van der Waals surface area contributed by atoms with Gasteiger partial charge in [-0.25, -0.2) is 0 Å². The van der Waals surface area contributed by atoms with Gasteiger partial charge in [-0.1, -0.05) is 201 Å². The minimum Gasteiger partial charge on any atom is -0.462 e. The number of unbranched alkanes of at least 4 members (excludes halogenated alkanes) is 17. The molecule has 0 N–H and O–H groups in total. The van der Waals surface area contributed by atoms with E-state index in [0.29, 0.717) is 19.3 Å². The van der Waals surface area contributed by atoms with Crippen LogP contribution < -0.4 is 0 Å². The molecule has 59 heavy (non-hydrogen) atoms. The second kappa shape index (κ2) is 46.8. The molecule has 0 saturated heterocycles. The summed E-state index contributed by atoms with van der Waals surface area (Å²) < 4.78 is 16.7. The summed E-state index contributed by atoms with van der Waals surface area (Å²) in [5.74, 6) is -0.979. The van der Waals surface area contributed by atoms with E-state index >= 15 is 0 Å². The summed E-state index contributed by atoms with van der Waals surface area (Å²) >= 11 is 0. The predicted octanol–water partition coefficient (Wildman–Crippen LogP) is 15.2. The molecule has 0 bridgehead atoms. The van der Waals surface area contributed by atoms with Crippen molar-refractivity contribution in [2.75, 3.05) is 13.2 Å². The summed E-state index contributed by atoms with van der Waals surface area (Å²) in [5.41, 5.74) is 0. The lowest BCUT2D eigenvalue weighted by molar-refractivity contribution is -0.167. The van der Waals surface area contributed by atoms with Gasteiger partial charge in [0.1, 0.15) is 13.2 Å². The van der Waals surface area contributed by atoms with Crippen LogP contribution in [0, 0.1) is 0 Å². The van der Waals surface area contributed by atoms with Crippen molar-refractivity contribution in [1.82, 2.24) is 0 Å². The van der Waals surface area contributed by atoms with Gasteiger partial charge in [-0.05, 0) is 77.0 Å². The van der Waals surface area contributed by atoms with Crippen molar-refractivity contribution in [3.8, 4) is 0 Å². The molecule has 0 aliphatic heterocycles. The number of carbonyl (C=O) groups excluding carboxylic acids is 3. The van der Waals surface area contributed by atoms with Crippen LogP contribution in [0.4, 0.5) is 0 Å². The molecule has 1 atom stereocenters. The molecule has 0 aromatic carbocycles. The van der Waals surface area contributed by atoms with E-state index in [0.717, 1.165) is 116 Å². The molecule has 0 spiro atoms. The minimum atomic E-state index is -0.805. The number of carbonyl (C=O) groups is 3. The largest absolute Gasteiger partial charge is 0.462 e. The van der Waals surface area contributed by atoms with E-state index in [4.69, 9.17) is 14.2 Å². The zero-order chi connectivity index (χ0) is 43.0. The standard InChI is InChI=1S/C53H84O6/c1-4-7-10-13-16-19-22-24-26-28-31-34-37-40-43-46-52(55)58-49-50(48-57-51(54)45-42-39-36-33-30-21-18-15-12-9-6-3)59-53(56)47-44-41-38-35-32-29-27-25-23-20-17-14-11-8-5-2/h7-8,10-11,13-24,26,30,50H,4-6,9,12,25,27-29,31-49H2,1-3H3/b10-7-,11-8-,16-13-,17-14-,18-15-,22-19-,23-20-,26-24-,30-21-. The van der Waals surface area contributed by atoms with Gasteiger partial charge in [-0.2, -0.15) is 0 Å². The summed E-state index contributed by atoms with van der Waals surface area (Å²) in [7, 11) is 0. The second-order valence-corrected chi connectivity index (χ2v) is 15.1. The highest BCUT2D eigenvalue weighted by Gasteiger charge is 2.19. The average Bonchev–Trinajstić information content (AvgIpc) is 3.23. The SMILES string of the molecule is CC\C=C/C=C\C=C/C=C\CCCCCCCC(=O)OCC(COC(=O)CCCCC/C=C\C=C/CCCC)OC(=O)CCCCCCCCC\C=C/C=C\C=C/CC. The van der Waals surface area contributed by atoms with Gasteiger partial charge in [0.05, 0.1) is 0 Å². The van der Waals surface area contributed by atoms with Gasteiger partial charge in [0.15, 0.2) is 6.10 Å². The summed E-state index contributed by atoms with van der Waals surface area (Å²) in [6.45, 7) is 6.23. The third-order valence-corrected chi connectivity index (χ3v) is 9.43. The summed E-state index contributed by atoms with van der Waals surface area (Å²) in [6.07, 6.45) is 62.1. The lowest BCUT2D eigenvalue weighted by atomic mass is 10.1. The van der Waals surface area contributed by atoms with Crippen LogP contribution in [0.1, 0.15) is 188 Å². The predicted molar refractivity (Wildman–Crippen MR) is 251 cm³/mol. The third-order valence-electron chi connectivity index (χ3n) is 9.43. The molecule has 332 valence electrons. The number of rotatable bonds is 40. The molecule has 0 aromatic heterocycles. The van der Waals surface area contributed by atoms with E-state index in [9.17, 15) is 14.4 Å². The molecule has 0 heterocycles. The summed E-state index contributed by atoms with van der Waals surface area (Å²) in [4.78, 5) is 37.8. The number of ether oxygens (including phenoxy) is 3. The molecule has 0 amide bonds. The topological polar surface area (TPSA) is 78.9 Å². The Morgan fingerprint density at radius 2 is 0.661 bits per heavy atom. The summed E-state index contributed by atoms with van der Waals surface area (Å²) in [5, 5.41) is 0. The Bertz CT molecular complexity index is 1260. The van der Waals surface area contributed by atoms with Crippen LogP contribution in [0.3, 0.4) is 0 Å². The van der Waals surface area contributed by atoms with Crippen LogP contribution in [-0.2, 0) is 28.6 Å². The first-order valence-corrected chi connectivity index (χ1v) is 23.5. The molecular weight excluding hydrogens is 733 g/mol. The highest BCUT2D eigenvalue weighted by atomic mass is 16.6. The number of allylic oxidation sites excluding steroid dienone is 18. The fourth-order valence-corrected chi connectivity index (χ4v) is 5.90. The number of hydrogen-bond donors (Lipinski definition) is 0. The molecule has 6 heteroatoms. The molecule has 1 unspecified atom stereocenters. The van der Waals surface area contributed by atoms with Gasteiger partial charge < -0.3 is 14.2 Å². The molecule has 0 aliphatic carbocycles. The van der Waals surface area contributed by atoms with Crippen molar-refractivity contribution in [3.63, 3.8) is 0 Å². The van der Waals surface area contributed by atoms with E-state index in [2.05, 4.69) is 106 Å². The molecule has 0 fully saturated rings. The van der Waals surface area contributed by atoms with Gasteiger partial charge in [-0.3, -0.25) is 14.4 Å². The van der Waals surface area contributed by atoms with Gasteiger partial charge in [-0.15, -0.1) is 0 Å². The lowest BCUT2D eigenvalue weighted by Gasteiger charge is -2.18. The highest BCUT2D eigenvalue weighted by Crippen LogP contribution is 2.13. The monoisotopic (exact) mass is 817 g/mol. The van der Waals surface area contributed by atoms with Crippen molar-refractivity contribution >= 4 is 17.9 Å². The van der Waals surface area contributed by atoms with Crippen LogP contribution >= 0.6 is 0 Å². The van der Waals surface area contributed by atoms with Gasteiger partial charge in [0.2, 0.25) is 0 Å². The Hall–Kier alpha value is -3.93. The van der Waals surface area contributed by atoms with Gasteiger partial charge in [0, 0.05) is 19.3 Å². The van der Waals surface area contributed by atoms with Crippen LogP contribution in [0.2, 0.25) is 0 Å². The van der Waals surface area contributed by atoms with E-state index in [1.165, 1.54) is 32.1 Å². The highest BCUT2D eigenvalue weighted by molar-refractivity contribution is 5.71. The molecule has 6 nitrogen and oxygen atoms in total. The molecule has 0 aliphatic rings. The van der Waals surface area contributed by atoms with E-state index in [1.54, 1.807) is 0 Å². The Kier molecular flexibility index (Phi) is 43.6. The Labute approximate surface area is 361 Å². The van der Waals surface area contributed by atoms with Crippen LogP contribution in [0.15, 0.2) is 109 Å². The second-order valence-electron chi connectivity index (χ2n) is 15.1. The Morgan fingerprint density at radius 3 is 1.07 bits per heavy atom. The molecule has 0 radical (unpaired) electrons. The number of hydrogen-bond acceptors (Lipinski definition) is 6. The first kappa shape index (κ1) is 55.1. The van der Waals surface area contributed by atoms with Crippen LogP contribution in [-0.4, -0.2) is 37.2 Å². The average molecular weight is 817 g/mol. The molecular formula is C53H84O6. The smallest absolute Gasteiger partial charge is 0.306 e.